The minimum absolute atomic E-state index is 0.191. The maximum atomic E-state index is 10.9. The first-order valence-electron chi connectivity index (χ1n) is 9.62. The van der Waals surface area contributed by atoms with Crippen LogP contribution in [0.25, 0.3) is 28.0 Å². The molecular weight excluding hydrogens is 412 g/mol. The summed E-state index contributed by atoms with van der Waals surface area (Å²) in [5.74, 6) is 0.301. The molecule has 0 saturated heterocycles. The van der Waals surface area contributed by atoms with Crippen molar-refractivity contribution in [3.63, 3.8) is 0 Å². The average Bonchev–Trinajstić information content (AvgIpc) is 2.75. The van der Waals surface area contributed by atoms with E-state index < -0.39 is 5.97 Å². The summed E-state index contributed by atoms with van der Waals surface area (Å²) in [5, 5.41) is 20.4. The number of aryl methyl sites for hydroxylation is 1. The van der Waals surface area contributed by atoms with E-state index in [1.54, 1.807) is 36.4 Å². The number of fused-ring (bicyclic) bond motifs is 1. The lowest BCUT2D eigenvalue weighted by atomic mass is 9.94. The molecule has 154 valence electrons. The van der Waals surface area contributed by atoms with Crippen molar-refractivity contribution in [2.75, 3.05) is 0 Å². The summed E-state index contributed by atoms with van der Waals surface area (Å²) in [6.07, 6.45) is 1.38. The van der Waals surface area contributed by atoms with Gasteiger partial charge in [-0.15, -0.1) is 0 Å². The second-order valence-electron chi connectivity index (χ2n) is 7.14. The van der Waals surface area contributed by atoms with Crippen LogP contribution < -0.4 is 4.74 Å². The Kier molecular flexibility index (Phi) is 5.65. The van der Waals surface area contributed by atoms with Gasteiger partial charge >= 0.3 is 5.97 Å². The highest BCUT2D eigenvalue weighted by atomic mass is 35.5. The van der Waals surface area contributed by atoms with Crippen LogP contribution in [0.2, 0.25) is 0 Å². The highest BCUT2D eigenvalue weighted by molar-refractivity contribution is 6.42. The number of phenolic OH excluding ortho intramolecular Hbond substituents is 1. The molecular formula is C26H19ClO4. The molecule has 0 aliphatic heterocycles. The first-order valence-corrected chi connectivity index (χ1v) is 10.0. The quantitative estimate of drug-likeness (QED) is 0.335. The third-order valence-corrected chi connectivity index (χ3v) is 5.20. The van der Waals surface area contributed by atoms with Crippen molar-refractivity contribution in [3.05, 3.63) is 95.0 Å². The number of aromatic hydroxyl groups is 1. The number of carboxylic acids is 1. The van der Waals surface area contributed by atoms with E-state index in [-0.39, 0.29) is 10.8 Å². The lowest BCUT2D eigenvalue weighted by Gasteiger charge is -2.17. The SMILES string of the molecule is Cc1cc2cc(O)ccc2c(Oc2ccc(C=C(Cl)C(=O)O)cc2)c1-c1ccccc1. The third kappa shape index (κ3) is 4.39. The van der Waals surface area contributed by atoms with Crippen LogP contribution in [0.15, 0.2) is 83.9 Å². The fourth-order valence-electron chi connectivity index (χ4n) is 3.52. The Bertz CT molecular complexity index is 1290. The van der Waals surface area contributed by atoms with Gasteiger partial charge in [-0.1, -0.05) is 60.1 Å². The van der Waals surface area contributed by atoms with Gasteiger partial charge in [-0.3, -0.25) is 0 Å². The van der Waals surface area contributed by atoms with E-state index in [1.807, 2.05) is 49.4 Å². The van der Waals surface area contributed by atoms with Gasteiger partial charge in [0, 0.05) is 10.9 Å². The summed E-state index contributed by atoms with van der Waals surface area (Å²) < 4.78 is 6.35. The number of aliphatic carboxylic acids is 1. The van der Waals surface area contributed by atoms with Crippen LogP contribution >= 0.6 is 11.6 Å². The average molecular weight is 431 g/mol. The fourth-order valence-corrected chi connectivity index (χ4v) is 3.65. The summed E-state index contributed by atoms with van der Waals surface area (Å²) in [5.41, 5.74) is 3.67. The van der Waals surface area contributed by atoms with Crippen LogP contribution in [0.4, 0.5) is 0 Å². The molecule has 5 heteroatoms. The van der Waals surface area contributed by atoms with Crippen molar-refractivity contribution in [1.29, 1.82) is 0 Å². The molecule has 0 aromatic heterocycles. The number of hydrogen-bond donors (Lipinski definition) is 2. The molecule has 4 aromatic rings. The van der Waals surface area contributed by atoms with Gasteiger partial charge in [0.25, 0.3) is 0 Å². The predicted octanol–water partition coefficient (Wildman–Crippen LogP) is 6.98. The van der Waals surface area contributed by atoms with E-state index in [1.165, 1.54) is 6.08 Å². The molecule has 4 rings (SSSR count). The molecule has 4 nitrogen and oxygen atoms in total. The number of hydrogen-bond acceptors (Lipinski definition) is 3. The Hall–Kier alpha value is -3.76. The summed E-state index contributed by atoms with van der Waals surface area (Å²) in [7, 11) is 0. The fraction of sp³-hybridized carbons (Fsp3) is 0.0385. The van der Waals surface area contributed by atoms with Crippen molar-refractivity contribution in [1.82, 2.24) is 0 Å². The van der Waals surface area contributed by atoms with Crippen molar-refractivity contribution in [2.24, 2.45) is 0 Å². The molecule has 0 saturated carbocycles. The number of rotatable bonds is 5. The van der Waals surface area contributed by atoms with E-state index in [0.717, 1.165) is 27.5 Å². The van der Waals surface area contributed by atoms with E-state index in [2.05, 4.69) is 0 Å². The normalized spacial score (nSPS) is 11.5. The minimum atomic E-state index is -1.18. The third-order valence-electron chi connectivity index (χ3n) is 4.93. The summed E-state index contributed by atoms with van der Waals surface area (Å²) in [6.45, 7) is 2.01. The van der Waals surface area contributed by atoms with Crippen LogP contribution in [-0.2, 0) is 4.79 Å². The molecule has 0 aliphatic carbocycles. The lowest BCUT2D eigenvalue weighted by molar-refractivity contribution is -0.131. The number of benzene rings is 4. The number of carbonyl (C=O) groups is 1. The maximum absolute atomic E-state index is 10.9. The van der Waals surface area contributed by atoms with E-state index in [9.17, 15) is 9.90 Å². The predicted molar refractivity (Wildman–Crippen MR) is 124 cm³/mol. The van der Waals surface area contributed by atoms with Crippen LogP contribution in [-0.4, -0.2) is 16.2 Å². The standard InChI is InChI=1S/C26H19ClO4/c1-16-13-19-15-20(28)9-12-22(19)25(24(16)18-5-3-2-4-6-18)31-21-10-7-17(8-11-21)14-23(27)26(29)30/h2-15,28H,1H3,(H,29,30). The summed E-state index contributed by atoms with van der Waals surface area (Å²) in [6, 6.07) is 24.2. The lowest BCUT2D eigenvalue weighted by Crippen LogP contribution is -1.94. The van der Waals surface area contributed by atoms with E-state index >= 15 is 0 Å². The molecule has 0 aliphatic rings. The van der Waals surface area contributed by atoms with Crippen LogP contribution in [0.1, 0.15) is 11.1 Å². The summed E-state index contributed by atoms with van der Waals surface area (Å²) in [4.78, 5) is 10.9. The summed E-state index contributed by atoms with van der Waals surface area (Å²) >= 11 is 5.71. The molecule has 0 spiro atoms. The Labute approximate surface area is 184 Å². The van der Waals surface area contributed by atoms with Crippen molar-refractivity contribution in [2.45, 2.75) is 6.92 Å². The monoisotopic (exact) mass is 430 g/mol. The van der Waals surface area contributed by atoms with Gasteiger partial charge in [-0.05, 0) is 65.4 Å². The second-order valence-corrected chi connectivity index (χ2v) is 7.54. The first kappa shape index (κ1) is 20.5. The molecule has 0 atom stereocenters. The molecule has 31 heavy (non-hydrogen) atoms. The Balaban J connectivity index is 1.82. The van der Waals surface area contributed by atoms with Gasteiger partial charge in [0.2, 0.25) is 0 Å². The molecule has 0 unspecified atom stereocenters. The largest absolute Gasteiger partial charge is 0.508 e. The number of halogens is 1. The zero-order chi connectivity index (χ0) is 22.0. The zero-order valence-corrected chi connectivity index (χ0v) is 17.4. The van der Waals surface area contributed by atoms with Gasteiger partial charge in [-0.25, -0.2) is 4.79 Å². The minimum Gasteiger partial charge on any atom is -0.508 e. The number of ether oxygens (including phenoxy) is 1. The molecule has 0 amide bonds. The highest BCUT2D eigenvalue weighted by Crippen LogP contribution is 2.42. The number of phenols is 1. The smallest absolute Gasteiger partial charge is 0.347 e. The van der Waals surface area contributed by atoms with Crippen LogP contribution in [0, 0.1) is 6.92 Å². The van der Waals surface area contributed by atoms with Crippen molar-refractivity contribution >= 4 is 34.4 Å². The van der Waals surface area contributed by atoms with Crippen molar-refractivity contribution in [3.8, 4) is 28.4 Å². The first-order chi connectivity index (χ1) is 14.9. The Morgan fingerprint density at radius 2 is 1.68 bits per heavy atom. The Morgan fingerprint density at radius 1 is 0.968 bits per heavy atom. The van der Waals surface area contributed by atoms with Gasteiger partial charge in [0.15, 0.2) is 0 Å². The molecule has 2 N–H and O–H groups in total. The van der Waals surface area contributed by atoms with Crippen molar-refractivity contribution < 1.29 is 19.7 Å². The van der Waals surface area contributed by atoms with Gasteiger partial charge in [-0.2, -0.15) is 0 Å². The van der Waals surface area contributed by atoms with E-state index in [0.29, 0.717) is 17.1 Å². The van der Waals surface area contributed by atoms with Crippen LogP contribution in [0.3, 0.4) is 0 Å². The molecule has 0 bridgehead atoms. The second kappa shape index (κ2) is 8.54. The van der Waals surface area contributed by atoms with Crippen LogP contribution in [0.5, 0.6) is 17.2 Å². The molecule has 0 radical (unpaired) electrons. The molecule has 4 aromatic carbocycles. The topological polar surface area (TPSA) is 66.8 Å². The number of carboxylic acid groups (broad SMARTS) is 1. The van der Waals surface area contributed by atoms with Gasteiger partial charge in [0.1, 0.15) is 22.3 Å². The highest BCUT2D eigenvalue weighted by Gasteiger charge is 2.16. The zero-order valence-electron chi connectivity index (χ0n) is 16.7. The van der Waals surface area contributed by atoms with Gasteiger partial charge in [0.05, 0.1) is 0 Å². The van der Waals surface area contributed by atoms with Gasteiger partial charge < -0.3 is 14.9 Å². The van der Waals surface area contributed by atoms with E-state index in [4.69, 9.17) is 21.4 Å². The molecule has 0 fully saturated rings. The molecule has 0 heterocycles. The maximum Gasteiger partial charge on any atom is 0.347 e. The Morgan fingerprint density at radius 3 is 2.35 bits per heavy atom.